The van der Waals surface area contributed by atoms with Crippen molar-refractivity contribution in [1.82, 2.24) is 19.7 Å². The lowest BCUT2D eigenvalue weighted by molar-refractivity contribution is -0.0929. The Bertz CT molecular complexity index is 1870. The lowest BCUT2D eigenvalue weighted by Gasteiger charge is -2.41. The van der Waals surface area contributed by atoms with Crippen molar-refractivity contribution in [2.45, 2.75) is 69.0 Å². The summed E-state index contributed by atoms with van der Waals surface area (Å²) in [5.74, 6) is 1.43. The molecule has 1 fully saturated rings. The van der Waals surface area contributed by atoms with Gasteiger partial charge in [-0.1, -0.05) is 75.4 Å². The number of aromatic amines is 1. The van der Waals surface area contributed by atoms with Crippen LogP contribution in [0.2, 0.25) is 18.1 Å². The van der Waals surface area contributed by atoms with Crippen molar-refractivity contribution in [2.75, 3.05) is 20.8 Å². The highest BCUT2D eigenvalue weighted by atomic mass is 28.4. The Morgan fingerprint density at radius 3 is 2.02 bits per heavy atom. The summed E-state index contributed by atoms with van der Waals surface area (Å²) in [6.45, 7) is 10.8. The lowest BCUT2D eigenvalue weighted by Crippen LogP contribution is -2.50. The lowest BCUT2D eigenvalue weighted by atomic mass is 9.80. The molecule has 5 aromatic rings. The summed E-state index contributed by atoms with van der Waals surface area (Å²) in [7, 11) is 0.837. The van der Waals surface area contributed by atoms with Crippen molar-refractivity contribution in [3.63, 3.8) is 0 Å². The van der Waals surface area contributed by atoms with E-state index in [1.165, 1.54) is 12.5 Å². The van der Waals surface area contributed by atoms with E-state index in [-0.39, 0.29) is 17.2 Å². The fraction of sp³-hybridized carbons (Fsp3) is 0.378. The molecule has 0 unspecified atom stereocenters. The van der Waals surface area contributed by atoms with Gasteiger partial charge in [0, 0.05) is 0 Å². The minimum Gasteiger partial charge on any atom is -0.497 e. The zero-order valence-electron chi connectivity index (χ0n) is 28.9. The molecule has 0 saturated carbocycles. The number of hydrogen-bond acceptors (Lipinski definition) is 9. The average molecular weight is 685 g/mol. The summed E-state index contributed by atoms with van der Waals surface area (Å²) in [4.78, 5) is 16.8. The van der Waals surface area contributed by atoms with E-state index in [0.29, 0.717) is 17.0 Å². The molecule has 2 N–H and O–H groups in total. The van der Waals surface area contributed by atoms with Crippen LogP contribution in [-0.2, 0) is 19.5 Å². The van der Waals surface area contributed by atoms with Gasteiger partial charge < -0.3 is 28.5 Å². The van der Waals surface area contributed by atoms with Gasteiger partial charge in [-0.3, -0.25) is 9.36 Å². The summed E-state index contributed by atoms with van der Waals surface area (Å²) in [6.07, 6.45) is -0.483. The van der Waals surface area contributed by atoms with Crippen LogP contribution in [0.5, 0.6) is 11.5 Å². The van der Waals surface area contributed by atoms with Crippen molar-refractivity contribution in [3.8, 4) is 11.5 Å². The molecule has 258 valence electrons. The molecule has 1 saturated heterocycles. The van der Waals surface area contributed by atoms with E-state index < -0.39 is 44.0 Å². The highest BCUT2D eigenvalue weighted by Gasteiger charge is 2.51. The Kier molecular flexibility index (Phi) is 9.53. The van der Waals surface area contributed by atoms with Crippen LogP contribution >= 0.6 is 0 Å². The summed E-state index contributed by atoms with van der Waals surface area (Å²) in [6, 6.07) is 25.6. The van der Waals surface area contributed by atoms with Crippen LogP contribution in [0, 0.1) is 0 Å². The summed E-state index contributed by atoms with van der Waals surface area (Å²) in [5.41, 5.74) is 1.75. The predicted molar refractivity (Wildman–Crippen MR) is 188 cm³/mol. The van der Waals surface area contributed by atoms with E-state index in [2.05, 4.69) is 49.0 Å². The van der Waals surface area contributed by atoms with Crippen LogP contribution in [0.25, 0.3) is 11.0 Å². The van der Waals surface area contributed by atoms with E-state index in [4.69, 9.17) is 23.4 Å². The smallest absolute Gasteiger partial charge is 0.292 e. The number of H-pyrrole nitrogens is 1. The van der Waals surface area contributed by atoms with E-state index in [9.17, 15) is 9.90 Å². The number of aliphatic hydroxyl groups excluding tert-OH is 1. The number of rotatable bonds is 11. The molecule has 49 heavy (non-hydrogen) atoms. The van der Waals surface area contributed by atoms with Crippen molar-refractivity contribution < 1.29 is 28.5 Å². The first-order valence-corrected chi connectivity index (χ1v) is 19.2. The van der Waals surface area contributed by atoms with Gasteiger partial charge in [-0.2, -0.15) is 5.10 Å². The number of nitrogens with one attached hydrogen (secondary N) is 1. The van der Waals surface area contributed by atoms with Crippen molar-refractivity contribution in [1.29, 1.82) is 0 Å². The molecule has 3 heterocycles. The molecule has 1 aliphatic heterocycles. The second-order valence-corrected chi connectivity index (χ2v) is 18.6. The molecular weight excluding hydrogens is 641 g/mol. The molecule has 0 spiro atoms. The number of fused-ring (bicyclic) bond motifs is 1. The molecule has 4 atom stereocenters. The maximum Gasteiger partial charge on any atom is 0.292 e. The average Bonchev–Trinajstić information content (AvgIpc) is 3.66. The van der Waals surface area contributed by atoms with E-state index in [0.717, 1.165) is 16.7 Å². The summed E-state index contributed by atoms with van der Waals surface area (Å²) in [5, 5.41) is 18.2. The topological polar surface area (TPSA) is 130 Å². The standard InChI is InChI=1S/C37H44N4O7Si/c1-36(2,3)49(6,7)48-33-30(47-35(32(33)42)41-23-38-31-29(41)21-39-40-34(31)43)22-46-37(24-11-9-8-10-12-24,25-13-17-27(44-4)18-14-25)26-15-19-28(45-5)20-16-26/h8-21,23,30,32-33,35,42H,22H2,1-7H3,(H,40,43)/t30-,32-,33-,35-/m1/s1. The Hall–Kier alpha value is -4.33. The molecule has 1 aliphatic rings. The van der Waals surface area contributed by atoms with Crippen molar-refractivity contribution in [3.05, 3.63) is 118 Å². The highest BCUT2D eigenvalue weighted by Crippen LogP contribution is 2.45. The normalized spacial score (nSPS) is 20.1. The SMILES string of the molecule is COc1ccc(C(OC[C@H]2O[C@@H](n3cnc4c(=O)[nH]ncc43)[C@H](O)[C@@H]2O[Si](C)(C)C(C)(C)C)(c2ccccc2)c2ccc(OC)cc2)cc1. The summed E-state index contributed by atoms with van der Waals surface area (Å²) < 4.78 is 33.4. The highest BCUT2D eigenvalue weighted by molar-refractivity contribution is 6.74. The van der Waals surface area contributed by atoms with Crippen LogP contribution in [-0.4, -0.2) is 72.3 Å². The van der Waals surface area contributed by atoms with E-state index in [1.54, 1.807) is 18.8 Å². The molecule has 0 bridgehead atoms. The fourth-order valence-electron chi connectivity index (χ4n) is 6.11. The second-order valence-electron chi connectivity index (χ2n) is 13.8. The van der Waals surface area contributed by atoms with Crippen LogP contribution in [0.4, 0.5) is 0 Å². The molecule has 3 aromatic carbocycles. The van der Waals surface area contributed by atoms with Crippen molar-refractivity contribution in [2.24, 2.45) is 0 Å². The van der Waals surface area contributed by atoms with Crippen LogP contribution in [0.15, 0.2) is 96.2 Å². The first-order chi connectivity index (χ1) is 23.4. The maximum atomic E-state index is 12.5. The Morgan fingerprint density at radius 2 is 1.47 bits per heavy atom. The number of ether oxygens (including phenoxy) is 4. The van der Waals surface area contributed by atoms with Crippen LogP contribution < -0.4 is 15.0 Å². The number of hydrogen-bond donors (Lipinski definition) is 2. The summed E-state index contributed by atoms with van der Waals surface area (Å²) >= 11 is 0. The maximum absolute atomic E-state index is 12.5. The first kappa shape index (κ1) is 34.5. The van der Waals surface area contributed by atoms with Gasteiger partial charge in [0.2, 0.25) is 0 Å². The van der Waals surface area contributed by atoms with Crippen molar-refractivity contribution >= 4 is 19.4 Å². The minimum absolute atomic E-state index is 0.0469. The molecule has 0 amide bonds. The van der Waals surface area contributed by atoms with Gasteiger partial charge >= 0.3 is 0 Å². The third-order valence-electron chi connectivity index (χ3n) is 9.86. The molecule has 0 aliphatic carbocycles. The molecule has 2 aromatic heterocycles. The number of methoxy groups -OCH3 is 2. The Labute approximate surface area is 286 Å². The van der Waals surface area contributed by atoms with Crippen LogP contribution in [0.1, 0.15) is 43.7 Å². The molecule has 11 nitrogen and oxygen atoms in total. The fourth-order valence-corrected chi connectivity index (χ4v) is 7.43. The molecule has 0 radical (unpaired) electrons. The van der Waals surface area contributed by atoms with E-state index >= 15 is 0 Å². The second kappa shape index (κ2) is 13.5. The number of aliphatic hydroxyl groups is 1. The Balaban J connectivity index is 1.46. The predicted octanol–water partition coefficient (Wildman–Crippen LogP) is 5.79. The van der Waals surface area contributed by atoms with Gasteiger partial charge in [0.25, 0.3) is 5.56 Å². The van der Waals surface area contributed by atoms with Gasteiger partial charge in [0.05, 0.1) is 38.9 Å². The minimum atomic E-state index is -2.43. The first-order valence-electron chi connectivity index (χ1n) is 16.3. The molecule has 12 heteroatoms. The molecular formula is C37H44N4O7Si. The van der Waals surface area contributed by atoms with E-state index in [1.807, 2.05) is 78.9 Å². The monoisotopic (exact) mass is 684 g/mol. The van der Waals surface area contributed by atoms with Gasteiger partial charge in [-0.15, -0.1) is 0 Å². The molecule has 6 rings (SSSR count). The Morgan fingerprint density at radius 1 is 0.898 bits per heavy atom. The van der Waals surface area contributed by atoms with Gasteiger partial charge in [0.15, 0.2) is 20.1 Å². The number of aromatic nitrogens is 4. The third kappa shape index (κ3) is 6.42. The van der Waals surface area contributed by atoms with Crippen LogP contribution in [0.3, 0.4) is 0 Å². The van der Waals surface area contributed by atoms with Gasteiger partial charge in [-0.25, -0.2) is 10.1 Å². The van der Waals surface area contributed by atoms with Gasteiger partial charge in [0.1, 0.15) is 35.4 Å². The third-order valence-corrected chi connectivity index (χ3v) is 14.3. The number of benzene rings is 3. The number of imidazole rings is 1. The zero-order valence-corrected chi connectivity index (χ0v) is 29.9. The zero-order chi connectivity index (χ0) is 35.0. The largest absolute Gasteiger partial charge is 0.497 e. The van der Waals surface area contributed by atoms with Gasteiger partial charge in [-0.05, 0) is 59.1 Å². The quantitative estimate of drug-likeness (QED) is 0.131. The number of nitrogens with zero attached hydrogens (tertiary/aromatic N) is 3.